The van der Waals surface area contributed by atoms with E-state index in [1.165, 1.54) is 18.5 Å². The highest BCUT2D eigenvalue weighted by molar-refractivity contribution is 5.93. The number of aromatic nitrogens is 2. The summed E-state index contributed by atoms with van der Waals surface area (Å²) < 4.78 is 5.49. The molecule has 1 aliphatic carbocycles. The molecular weight excluding hydrogens is 392 g/mol. The number of hydrogen-bond acceptors (Lipinski definition) is 7. The quantitative estimate of drug-likeness (QED) is 0.761. The Bertz CT molecular complexity index is 890. The second-order valence-electron chi connectivity index (χ2n) is 8.47. The first-order chi connectivity index (χ1) is 15.3. The zero-order valence-corrected chi connectivity index (χ0v) is 17.9. The Morgan fingerprint density at radius 3 is 2.35 bits per heavy atom. The summed E-state index contributed by atoms with van der Waals surface area (Å²) in [6.07, 6.45) is 2.42. The molecule has 2 aliphatic heterocycles. The molecule has 8 heteroatoms. The van der Waals surface area contributed by atoms with Crippen LogP contribution in [-0.4, -0.2) is 74.9 Å². The van der Waals surface area contributed by atoms with E-state index in [0.717, 1.165) is 51.6 Å². The number of nitrogens with one attached hydrogen (secondary N) is 1. The highest BCUT2D eigenvalue weighted by atomic mass is 16.5. The van der Waals surface area contributed by atoms with Gasteiger partial charge in [0.15, 0.2) is 0 Å². The number of benzene rings is 1. The number of para-hydroxylation sites is 1. The van der Waals surface area contributed by atoms with E-state index in [-0.39, 0.29) is 5.91 Å². The normalized spacial score (nSPS) is 19.4. The van der Waals surface area contributed by atoms with Crippen molar-refractivity contribution in [3.63, 3.8) is 0 Å². The van der Waals surface area contributed by atoms with Gasteiger partial charge >= 0.3 is 0 Å². The number of carbonyl (C=O) groups excluding carboxylic acids is 1. The lowest BCUT2D eigenvalue weighted by Gasteiger charge is -2.36. The van der Waals surface area contributed by atoms with E-state index in [9.17, 15) is 4.79 Å². The number of nitrogens with zero attached hydrogens (tertiary/aromatic N) is 5. The van der Waals surface area contributed by atoms with Crippen molar-refractivity contribution in [3.8, 4) is 0 Å². The Hall–Kier alpha value is -2.87. The van der Waals surface area contributed by atoms with E-state index >= 15 is 0 Å². The summed E-state index contributed by atoms with van der Waals surface area (Å²) in [5.41, 5.74) is 1.70. The van der Waals surface area contributed by atoms with Crippen LogP contribution in [0.2, 0.25) is 0 Å². The van der Waals surface area contributed by atoms with Crippen molar-refractivity contribution >= 4 is 23.4 Å². The van der Waals surface area contributed by atoms with Crippen molar-refractivity contribution in [1.82, 2.24) is 15.3 Å². The van der Waals surface area contributed by atoms with Crippen LogP contribution < -0.4 is 20.0 Å². The predicted molar refractivity (Wildman–Crippen MR) is 121 cm³/mol. The van der Waals surface area contributed by atoms with E-state index in [0.29, 0.717) is 30.8 Å². The molecule has 3 fully saturated rings. The molecule has 1 saturated carbocycles. The third kappa shape index (κ3) is 4.90. The first-order valence-electron chi connectivity index (χ1n) is 11.3. The van der Waals surface area contributed by atoms with Crippen LogP contribution in [0, 0.1) is 5.92 Å². The summed E-state index contributed by atoms with van der Waals surface area (Å²) in [5.74, 6) is 1.99. The fraction of sp³-hybridized carbons (Fsp3) is 0.522. The lowest BCUT2D eigenvalue weighted by Crippen LogP contribution is -2.47. The largest absolute Gasteiger partial charge is 0.378 e. The molecule has 2 aromatic rings. The lowest BCUT2D eigenvalue weighted by molar-refractivity contribution is 0.0946. The number of amides is 1. The molecule has 3 aliphatic rings. The van der Waals surface area contributed by atoms with Crippen LogP contribution in [0.15, 0.2) is 36.4 Å². The zero-order chi connectivity index (χ0) is 21.0. The minimum Gasteiger partial charge on any atom is -0.378 e. The molecule has 1 N–H and O–H groups in total. The molecule has 0 unspecified atom stereocenters. The number of anilines is 3. The maximum Gasteiger partial charge on any atom is 0.270 e. The molecule has 3 heterocycles. The average molecular weight is 423 g/mol. The van der Waals surface area contributed by atoms with Gasteiger partial charge in [0.25, 0.3) is 5.91 Å². The number of ether oxygens (including phenoxy) is 1. The van der Waals surface area contributed by atoms with Gasteiger partial charge in [0.05, 0.1) is 13.2 Å². The summed E-state index contributed by atoms with van der Waals surface area (Å²) in [4.78, 5) is 29.1. The van der Waals surface area contributed by atoms with Crippen LogP contribution >= 0.6 is 0 Å². The maximum absolute atomic E-state index is 12.8. The highest BCUT2D eigenvalue weighted by Gasteiger charge is 2.25. The average Bonchev–Trinajstić information content (AvgIpc) is 3.68. The standard InChI is InChI=1S/C23H30N6O2/c30-22(24-17-18-6-7-18)20-16-21(28-12-14-31-15-13-28)26-23(25-20)29-10-8-27(9-11-29)19-4-2-1-3-5-19/h1-5,16,18H,6-15,17H2,(H,24,30). The molecule has 31 heavy (non-hydrogen) atoms. The summed E-state index contributed by atoms with van der Waals surface area (Å²) >= 11 is 0. The second kappa shape index (κ2) is 9.09. The summed E-state index contributed by atoms with van der Waals surface area (Å²) in [5, 5.41) is 3.05. The number of carbonyl (C=O) groups is 1. The van der Waals surface area contributed by atoms with Crippen molar-refractivity contribution in [3.05, 3.63) is 42.1 Å². The fourth-order valence-electron chi connectivity index (χ4n) is 4.09. The molecule has 0 spiro atoms. The summed E-state index contributed by atoms with van der Waals surface area (Å²) in [6.45, 7) is 7.10. The van der Waals surface area contributed by atoms with Crippen molar-refractivity contribution in [2.75, 3.05) is 73.7 Å². The van der Waals surface area contributed by atoms with Crippen LogP contribution in [0.3, 0.4) is 0 Å². The van der Waals surface area contributed by atoms with Gasteiger partial charge in [-0.3, -0.25) is 4.79 Å². The smallest absolute Gasteiger partial charge is 0.270 e. The molecule has 1 aromatic heterocycles. The molecule has 2 saturated heterocycles. The van der Waals surface area contributed by atoms with Crippen molar-refractivity contribution in [2.45, 2.75) is 12.8 Å². The number of piperazine rings is 1. The van der Waals surface area contributed by atoms with Gasteiger partial charge in [0.2, 0.25) is 5.95 Å². The first kappa shape index (κ1) is 20.1. The molecular formula is C23H30N6O2. The van der Waals surface area contributed by atoms with Crippen LogP contribution in [0.4, 0.5) is 17.5 Å². The first-order valence-corrected chi connectivity index (χ1v) is 11.3. The molecule has 164 valence electrons. The Morgan fingerprint density at radius 2 is 1.65 bits per heavy atom. The molecule has 0 radical (unpaired) electrons. The highest BCUT2D eigenvalue weighted by Crippen LogP contribution is 2.28. The lowest BCUT2D eigenvalue weighted by atomic mass is 10.2. The molecule has 5 rings (SSSR count). The van der Waals surface area contributed by atoms with Gasteiger partial charge in [-0.15, -0.1) is 0 Å². The van der Waals surface area contributed by atoms with E-state index in [2.05, 4.69) is 49.3 Å². The fourth-order valence-corrected chi connectivity index (χ4v) is 4.09. The summed E-state index contributed by atoms with van der Waals surface area (Å²) in [7, 11) is 0. The Balaban J connectivity index is 1.33. The van der Waals surface area contributed by atoms with Crippen molar-refractivity contribution < 1.29 is 9.53 Å². The van der Waals surface area contributed by atoms with E-state index in [1.807, 2.05) is 12.1 Å². The predicted octanol–water partition coefficient (Wildman–Crippen LogP) is 1.78. The van der Waals surface area contributed by atoms with Gasteiger partial charge in [-0.1, -0.05) is 18.2 Å². The van der Waals surface area contributed by atoms with Crippen LogP contribution in [-0.2, 0) is 4.74 Å². The maximum atomic E-state index is 12.8. The second-order valence-corrected chi connectivity index (χ2v) is 8.47. The molecule has 1 amide bonds. The van der Waals surface area contributed by atoms with Crippen LogP contribution in [0.1, 0.15) is 23.3 Å². The van der Waals surface area contributed by atoms with Gasteiger partial charge in [-0.25, -0.2) is 4.98 Å². The zero-order valence-electron chi connectivity index (χ0n) is 17.9. The van der Waals surface area contributed by atoms with E-state index in [1.54, 1.807) is 0 Å². The third-order valence-electron chi connectivity index (χ3n) is 6.20. The monoisotopic (exact) mass is 422 g/mol. The summed E-state index contributed by atoms with van der Waals surface area (Å²) in [6, 6.07) is 12.3. The van der Waals surface area contributed by atoms with E-state index < -0.39 is 0 Å². The Kier molecular flexibility index (Phi) is 5.88. The Labute approximate surface area is 183 Å². The SMILES string of the molecule is O=C(NCC1CC1)c1cc(N2CCOCC2)nc(N2CCN(c3ccccc3)CC2)n1. The minimum atomic E-state index is -0.104. The van der Waals surface area contributed by atoms with Gasteiger partial charge in [-0.05, 0) is 30.9 Å². The minimum absolute atomic E-state index is 0.104. The van der Waals surface area contributed by atoms with Crippen LogP contribution in [0.25, 0.3) is 0 Å². The van der Waals surface area contributed by atoms with Gasteiger partial charge in [-0.2, -0.15) is 4.98 Å². The van der Waals surface area contributed by atoms with Gasteiger partial charge in [0.1, 0.15) is 11.5 Å². The van der Waals surface area contributed by atoms with Crippen molar-refractivity contribution in [2.24, 2.45) is 5.92 Å². The number of hydrogen-bond donors (Lipinski definition) is 1. The number of rotatable bonds is 6. The van der Waals surface area contributed by atoms with Gasteiger partial charge < -0.3 is 24.8 Å². The topological polar surface area (TPSA) is 73.8 Å². The molecule has 0 bridgehead atoms. The molecule has 8 nitrogen and oxygen atoms in total. The van der Waals surface area contributed by atoms with Gasteiger partial charge in [0, 0.05) is 57.6 Å². The molecule has 0 atom stereocenters. The Morgan fingerprint density at radius 1 is 0.935 bits per heavy atom. The van der Waals surface area contributed by atoms with Crippen LogP contribution in [0.5, 0.6) is 0 Å². The molecule has 1 aromatic carbocycles. The number of morpholine rings is 1. The third-order valence-corrected chi connectivity index (χ3v) is 6.20. The van der Waals surface area contributed by atoms with E-state index in [4.69, 9.17) is 9.72 Å². The van der Waals surface area contributed by atoms with Crippen molar-refractivity contribution in [1.29, 1.82) is 0 Å².